The van der Waals surface area contributed by atoms with Crippen LogP contribution in [0.5, 0.6) is 0 Å². The topological polar surface area (TPSA) is 41.1 Å². The van der Waals surface area contributed by atoms with E-state index >= 15 is 0 Å². The van der Waals surface area contributed by atoms with Crippen LogP contribution in [0.1, 0.15) is 38.5 Å². The summed E-state index contributed by atoms with van der Waals surface area (Å²) in [6, 6.07) is 7.01. The highest BCUT2D eigenvalue weighted by atomic mass is 35.5. The number of nitrogens with one attached hydrogen (secondary N) is 2. The molecule has 0 aliphatic heterocycles. The summed E-state index contributed by atoms with van der Waals surface area (Å²) in [5.74, 6) is 0.792. The van der Waals surface area contributed by atoms with Crippen LogP contribution in [0.2, 0.25) is 5.02 Å². The quantitative estimate of drug-likeness (QED) is 0.841. The zero-order chi connectivity index (χ0) is 13.5. The molecule has 0 aromatic heterocycles. The first kappa shape index (κ1) is 14.2. The monoisotopic (exact) mass is 280 g/mol. The SMILES string of the molecule is O=C(NCCC1CCCCC1)Nc1cccc(Cl)c1. The van der Waals surface area contributed by atoms with Crippen LogP contribution in [0, 0.1) is 5.92 Å². The van der Waals surface area contributed by atoms with E-state index in [4.69, 9.17) is 11.6 Å². The highest BCUT2D eigenvalue weighted by Gasteiger charge is 2.13. The van der Waals surface area contributed by atoms with Crippen molar-refractivity contribution < 1.29 is 4.79 Å². The number of hydrogen-bond acceptors (Lipinski definition) is 1. The molecule has 3 nitrogen and oxygen atoms in total. The maximum Gasteiger partial charge on any atom is 0.319 e. The van der Waals surface area contributed by atoms with Gasteiger partial charge in [-0.2, -0.15) is 0 Å². The summed E-state index contributed by atoms with van der Waals surface area (Å²) in [5, 5.41) is 6.32. The van der Waals surface area contributed by atoms with Gasteiger partial charge in [-0.3, -0.25) is 0 Å². The molecule has 0 atom stereocenters. The van der Waals surface area contributed by atoms with Gasteiger partial charge in [0.05, 0.1) is 0 Å². The van der Waals surface area contributed by atoms with Crippen LogP contribution in [-0.2, 0) is 0 Å². The number of hydrogen-bond donors (Lipinski definition) is 2. The molecule has 2 rings (SSSR count). The molecule has 19 heavy (non-hydrogen) atoms. The molecule has 1 saturated carbocycles. The fourth-order valence-corrected chi connectivity index (χ4v) is 2.80. The maximum atomic E-state index is 11.7. The Hall–Kier alpha value is -1.22. The molecule has 1 aliphatic carbocycles. The van der Waals surface area contributed by atoms with E-state index in [1.807, 2.05) is 12.1 Å². The normalized spacial score (nSPS) is 16.1. The van der Waals surface area contributed by atoms with E-state index in [0.717, 1.165) is 24.6 Å². The van der Waals surface area contributed by atoms with Crippen molar-refractivity contribution in [2.45, 2.75) is 38.5 Å². The van der Waals surface area contributed by atoms with Crippen LogP contribution >= 0.6 is 11.6 Å². The highest BCUT2D eigenvalue weighted by Crippen LogP contribution is 2.25. The number of anilines is 1. The van der Waals surface area contributed by atoms with Crippen LogP contribution in [-0.4, -0.2) is 12.6 Å². The Balaban J connectivity index is 1.67. The summed E-state index contributed by atoms with van der Waals surface area (Å²) < 4.78 is 0. The first-order valence-corrected chi connectivity index (χ1v) is 7.42. The first-order chi connectivity index (χ1) is 9.24. The van der Waals surface area contributed by atoms with Gasteiger partial charge in [0.25, 0.3) is 0 Å². The Bertz CT molecular complexity index is 416. The number of carbonyl (C=O) groups is 1. The lowest BCUT2D eigenvalue weighted by Crippen LogP contribution is -2.30. The van der Waals surface area contributed by atoms with E-state index in [1.54, 1.807) is 12.1 Å². The Morgan fingerprint density at radius 3 is 2.79 bits per heavy atom. The molecule has 2 amide bonds. The van der Waals surface area contributed by atoms with Crippen molar-refractivity contribution in [2.24, 2.45) is 5.92 Å². The molecular weight excluding hydrogens is 260 g/mol. The van der Waals surface area contributed by atoms with E-state index in [0.29, 0.717) is 5.02 Å². The van der Waals surface area contributed by atoms with Gasteiger partial charge < -0.3 is 10.6 Å². The van der Waals surface area contributed by atoms with Crippen molar-refractivity contribution in [2.75, 3.05) is 11.9 Å². The standard InChI is InChI=1S/C15H21ClN2O/c16-13-7-4-8-14(11-13)18-15(19)17-10-9-12-5-2-1-3-6-12/h4,7-8,11-12H,1-3,5-6,9-10H2,(H2,17,18,19). The predicted molar refractivity (Wildman–Crippen MR) is 79.7 cm³/mol. The molecular formula is C15H21ClN2O. The average molecular weight is 281 g/mol. The fraction of sp³-hybridized carbons (Fsp3) is 0.533. The number of benzene rings is 1. The summed E-state index contributed by atoms with van der Waals surface area (Å²) in [6.07, 6.45) is 7.79. The van der Waals surface area contributed by atoms with Gasteiger partial charge in [-0.05, 0) is 30.5 Å². The largest absolute Gasteiger partial charge is 0.338 e. The van der Waals surface area contributed by atoms with Gasteiger partial charge in [0.15, 0.2) is 0 Å². The zero-order valence-electron chi connectivity index (χ0n) is 11.1. The molecule has 0 heterocycles. The Morgan fingerprint density at radius 2 is 2.05 bits per heavy atom. The van der Waals surface area contributed by atoms with Gasteiger partial charge in [-0.15, -0.1) is 0 Å². The molecule has 1 aromatic carbocycles. The lowest BCUT2D eigenvalue weighted by Gasteiger charge is -2.21. The average Bonchev–Trinajstić information content (AvgIpc) is 2.40. The van der Waals surface area contributed by atoms with Crippen LogP contribution in [0.4, 0.5) is 10.5 Å². The summed E-state index contributed by atoms with van der Waals surface area (Å²) in [6.45, 7) is 0.747. The molecule has 0 radical (unpaired) electrons. The van der Waals surface area contributed by atoms with Crippen LogP contribution in [0.3, 0.4) is 0 Å². The van der Waals surface area contributed by atoms with Crippen molar-refractivity contribution in [1.82, 2.24) is 5.32 Å². The van der Waals surface area contributed by atoms with E-state index in [9.17, 15) is 4.79 Å². The Morgan fingerprint density at radius 1 is 1.26 bits per heavy atom. The lowest BCUT2D eigenvalue weighted by molar-refractivity contribution is 0.250. The minimum Gasteiger partial charge on any atom is -0.338 e. The van der Waals surface area contributed by atoms with Crippen LogP contribution in [0.25, 0.3) is 0 Å². The zero-order valence-corrected chi connectivity index (χ0v) is 11.9. The lowest BCUT2D eigenvalue weighted by atomic mass is 9.87. The molecule has 0 saturated heterocycles. The molecule has 1 aromatic rings. The van der Waals surface area contributed by atoms with Gasteiger partial charge in [0.1, 0.15) is 0 Å². The number of carbonyl (C=O) groups excluding carboxylic acids is 1. The number of halogens is 1. The second kappa shape index (κ2) is 7.39. The van der Waals surface area contributed by atoms with Crippen molar-refractivity contribution in [3.63, 3.8) is 0 Å². The summed E-state index contributed by atoms with van der Waals surface area (Å²) >= 11 is 5.86. The van der Waals surface area contributed by atoms with Crippen molar-refractivity contribution in [1.29, 1.82) is 0 Å². The van der Waals surface area contributed by atoms with Gasteiger partial charge in [0.2, 0.25) is 0 Å². The van der Waals surface area contributed by atoms with Gasteiger partial charge >= 0.3 is 6.03 Å². The number of amides is 2. The third-order valence-electron chi connectivity index (χ3n) is 3.65. The molecule has 2 N–H and O–H groups in total. The first-order valence-electron chi connectivity index (χ1n) is 7.04. The third kappa shape index (κ3) is 5.11. The summed E-state index contributed by atoms with van der Waals surface area (Å²) in [5.41, 5.74) is 0.725. The maximum absolute atomic E-state index is 11.7. The van der Waals surface area contributed by atoms with Gasteiger partial charge in [-0.25, -0.2) is 4.79 Å². The van der Waals surface area contributed by atoms with E-state index in [-0.39, 0.29) is 6.03 Å². The number of urea groups is 1. The van der Waals surface area contributed by atoms with Gasteiger partial charge in [0, 0.05) is 17.3 Å². The smallest absolute Gasteiger partial charge is 0.319 e. The van der Waals surface area contributed by atoms with E-state index in [2.05, 4.69) is 10.6 Å². The van der Waals surface area contributed by atoms with Crippen molar-refractivity contribution in [3.8, 4) is 0 Å². The van der Waals surface area contributed by atoms with Gasteiger partial charge in [-0.1, -0.05) is 49.8 Å². The summed E-state index contributed by atoms with van der Waals surface area (Å²) in [7, 11) is 0. The molecule has 1 aliphatic rings. The fourth-order valence-electron chi connectivity index (χ4n) is 2.61. The van der Waals surface area contributed by atoms with E-state index in [1.165, 1.54) is 32.1 Å². The number of rotatable bonds is 4. The molecule has 0 bridgehead atoms. The molecule has 0 unspecified atom stereocenters. The minimum atomic E-state index is -0.155. The van der Waals surface area contributed by atoms with Crippen LogP contribution in [0.15, 0.2) is 24.3 Å². The van der Waals surface area contributed by atoms with Crippen molar-refractivity contribution >= 4 is 23.3 Å². The Kier molecular flexibility index (Phi) is 5.52. The second-order valence-electron chi connectivity index (χ2n) is 5.18. The second-order valence-corrected chi connectivity index (χ2v) is 5.62. The Labute approximate surface area is 119 Å². The van der Waals surface area contributed by atoms with E-state index < -0.39 is 0 Å². The molecule has 104 valence electrons. The molecule has 0 spiro atoms. The highest BCUT2D eigenvalue weighted by molar-refractivity contribution is 6.30. The van der Waals surface area contributed by atoms with Crippen molar-refractivity contribution in [3.05, 3.63) is 29.3 Å². The van der Waals surface area contributed by atoms with Crippen LogP contribution < -0.4 is 10.6 Å². The summed E-state index contributed by atoms with van der Waals surface area (Å²) in [4.78, 5) is 11.7. The molecule has 4 heteroatoms. The minimum absolute atomic E-state index is 0.155. The molecule has 1 fully saturated rings. The third-order valence-corrected chi connectivity index (χ3v) is 3.88. The predicted octanol–water partition coefficient (Wildman–Crippen LogP) is 4.43.